The lowest BCUT2D eigenvalue weighted by Gasteiger charge is -2.20. The van der Waals surface area contributed by atoms with E-state index < -0.39 is 28.7 Å². The quantitative estimate of drug-likeness (QED) is 0.718. The molecule has 0 heterocycles. The van der Waals surface area contributed by atoms with Crippen molar-refractivity contribution < 1.29 is 17.7 Å². The molecule has 2 aromatic carbocycles. The van der Waals surface area contributed by atoms with Crippen molar-refractivity contribution in [3.05, 3.63) is 66.0 Å². The van der Waals surface area contributed by atoms with E-state index in [0.29, 0.717) is 6.42 Å². The number of hydrogen-bond acceptors (Lipinski definition) is 1. The third-order valence-electron chi connectivity index (χ3n) is 3.08. The Labute approximate surface area is 125 Å². The van der Waals surface area contributed by atoms with Crippen molar-refractivity contribution >= 4 is 11.2 Å². The molecule has 0 aliphatic heterocycles. The highest BCUT2D eigenvalue weighted by molar-refractivity contribution is 7.92. The molecule has 0 saturated carbocycles. The van der Waals surface area contributed by atoms with Crippen molar-refractivity contribution in [2.24, 2.45) is 0 Å². The molecule has 2 aromatic rings. The highest BCUT2D eigenvalue weighted by Gasteiger charge is 2.44. The molecule has 0 radical (unpaired) electrons. The van der Waals surface area contributed by atoms with Gasteiger partial charge in [0.15, 0.2) is 4.90 Å². The third kappa shape index (κ3) is 4.51. The maximum absolute atomic E-state index is 13.9. The summed E-state index contributed by atoms with van der Waals surface area (Å²) in [6, 6.07) is 13.6. The summed E-state index contributed by atoms with van der Waals surface area (Å²) < 4.78 is 52.4. The fourth-order valence-corrected chi connectivity index (χ4v) is 3.02. The number of rotatable bonds is 6. The van der Waals surface area contributed by atoms with Crippen LogP contribution in [0.3, 0.4) is 0 Å². The van der Waals surface area contributed by atoms with Crippen molar-refractivity contribution in [3.8, 4) is 0 Å². The van der Waals surface area contributed by atoms with Gasteiger partial charge in [0.2, 0.25) is 0 Å². The molecule has 0 bridgehead atoms. The van der Waals surface area contributed by atoms with Crippen LogP contribution in [0.5, 0.6) is 0 Å². The van der Waals surface area contributed by atoms with Gasteiger partial charge in [-0.05, 0) is 42.7 Å². The highest BCUT2D eigenvalue weighted by Crippen LogP contribution is 2.33. The first-order valence-corrected chi connectivity index (χ1v) is 7.73. The molecule has 1 nitrogen and oxygen atoms in total. The number of benzene rings is 2. The Hall–Kier alpha value is -1.46. The van der Waals surface area contributed by atoms with E-state index >= 15 is 0 Å². The van der Waals surface area contributed by atoms with Crippen LogP contribution in [0.2, 0.25) is 0 Å². The van der Waals surface area contributed by atoms with Crippen molar-refractivity contribution in [1.29, 1.82) is 0 Å². The second kappa shape index (κ2) is 7.00. The fraction of sp³-hybridized carbons (Fsp3) is 0.250. The molecule has 2 rings (SSSR count). The summed E-state index contributed by atoms with van der Waals surface area (Å²) >= 11 is -2.46. The van der Waals surface area contributed by atoms with Gasteiger partial charge < -0.3 is 4.55 Å². The summed E-state index contributed by atoms with van der Waals surface area (Å²) in [7, 11) is 0. The first-order chi connectivity index (χ1) is 9.99. The van der Waals surface area contributed by atoms with Crippen molar-refractivity contribution in [1.82, 2.24) is 0 Å². The molecule has 21 heavy (non-hydrogen) atoms. The fourth-order valence-electron chi connectivity index (χ4n) is 1.97. The Morgan fingerprint density at radius 1 is 0.952 bits per heavy atom. The SMILES string of the molecule is [O-][S+](c1ccc(F)cc1)C(F)(F)CCCc1ccccc1. The Balaban J connectivity index is 1.92. The minimum absolute atomic E-state index is 0.0545. The van der Waals surface area contributed by atoms with Gasteiger partial charge in [0, 0.05) is 0 Å². The van der Waals surface area contributed by atoms with E-state index in [4.69, 9.17) is 0 Å². The Morgan fingerprint density at radius 2 is 1.57 bits per heavy atom. The molecule has 112 valence electrons. The van der Waals surface area contributed by atoms with Crippen molar-refractivity contribution in [3.63, 3.8) is 0 Å². The molecular formula is C16H15F3OS. The van der Waals surface area contributed by atoms with Crippen LogP contribution in [-0.2, 0) is 17.6 Å². The zero-order chi connectivity index (χ0) is 15.3. The molecule has 0 aliphatic carbocycles. The van der Waals surface area contributed by atoms with E-state index in [2.05, 4.69) is 0 Å². The maximum atomic E-state index is 13.9. The van der Waals surface area contributed by atoms with Crippen molar-refractivity contribution in [2.45, 2.75) is 29.4 Å². The zero-order valence-corrected chi connectivity index (χ0v) is 12.1. The molecule has 5 heteroatoms. The number of hydrogen-bond donors (Lipinski definition) is 0. The predicted octanol–water partition coefficient (Wildman–Crippen LogP) is 4.55. The Bertz CT molecular complexity index is 557. The van der Waals surface area contributed by atoms with Crippen LogP contribution in [-0.4, -0.2) is 9.81 Å². The second-order valence-electron chi connectivity index (χ2n) is 4.70. The molecule has 0 fully saturated rings. The Kier molecular flexibility index (Phi) is 5.31. The molecule has 0 aromatic heterocycles. The van der Waals surface area contributed by atoms with E-state index in [1.165, 1.54) is 0 Å². The van der Waals surface area contributed by atoms with Crippen LogP contribution in [0.25, 0.3) is 0 Å². The zero-order valence-electron chi connectivity index (χ0n) is 11.3. The van der Waals surface area contributed by atoms with Crippen LogP contribution in [0, 0.1) is 5.82 Å². The lowest BCUT2D eigenvalue weighted by atomic mass is 10.1. The lowest BCUT2D eigenvalue weighted by Crippen LogP contribution is -2.29. The summed E-state index contributed by atoms with van der Waals surface area (Å²) in [5, 5.41) is -3.31. The number of aryl methyl sites for hydroxylation is 1. The first-order valence-electron chi connectivity index (χ1n) is 6.58. The molecule has 1 atom stereocenters. The van der Waals surface area contributed by atoms with E-state index in [1.54, 1.807) is 0 Å². The van der Waals surface area contributed by atoms with Gasteiger partial charge in [0.1, 0.15) is 5.82 Å². The number of alkyl halides is 2. The van der Waals surface area contributed by atoms with E-state index in [1.807, 2.05) is 30.3 Å². The Morgan fingerprint density at radius 3 is 2.19 bits per heavy atom. The van der Waals surface area contributed by atoms with Gasteiger partial charge in [-0.1, -0.05) is 30.3 Å². The van der Waals surface area contributed by atoms with Gasteiger partial charge in [0.25, 0.3) is 0 Å². The van der Waals surface area contributed by atoms with Gasteiger partial charge in [0.05, 0.1) is 17.6 Å². The lowest BCUT2D eigenvalue weighted by molar-refractivity contribution is 0.0798. The summed E-state index contributed by atoms with van der Waals surface area (Å²) in [4.78, 5) is -0.0545. The second-order valence-corrected chi connectivity index (χ2v) is 6.31. The van der Waals surface area contributed by atoms with Gasteiger partial charge in [-0.3, -0.25) is 0 Å². The predicted molar refractivity (Wildman–Crippen MR) is 77.1 cm³/mol. The monoisotopic (exact) mass is 312 g/mol. The normalized spacial score (nSPS) is 13.1. The standard InChI is InChI=1S/C16H15F3OS/c17-14-8-10-15(11-9-14)21(20)16(18,19)12-4-7-13-5-2-1-3-6-13/h1-3,5-6,8-11H,4,7,12H2. The van der Waals surface area contributed by atoms with Gasteiger partial charge in [-0.2, -0.15) is 8.78 Å². The maximum Gasteiger partial charge on any atom is 0.411 e. The summed E-state index contributed by atoms with van der Waals surface area (Å²) in [6.07, 6.45) is 0.285. The van der Waals surface area contributed by atoms with Crippen LogP contribution in [0.1, 0.15) is 18.4 Å². The summed E-state index contributed by atoms with van der Waals surface area (Å²) in [5.74, 6) is -0.539. The van der Waals surface area contributed by atoms with Crippen molar-refractivity contribution in [2.75, 3.05) is 0 Å². The molecule has 0 aliphatic rings. The molecule has 1 unspecified atom stereocenters. The minimum Gasteiger partial charge on any atom is -0.607 e. The molecule has 0 N–H and O–H groups in total. The first kappa shape index (κ1) is 15.9. The molecular weight excluding hydrogens is 297 g/mol. The average Bonchev–Trinajstić information content (AvgIpc) is 2.48. The largest absolute Gasteiger partial charge is 0.607 e. The molecule has 0 spiro atoms. The van der Waals surface area contributed by atoms with Gasteiger partial charge >= 0.3 is 5.25 Å². The van der Waals surface area contributed by atoms with Gasteiger partial charge in [-0.15, -0.1) is 0 Å². The van der Waals surface area contributed by atoms with E-state index in [9.17, 15) is 17.7 Å². The summed E-state index contributed by atoms with van der Waals surface area (Å²) in [6.45, 7) is 0. The average molecular weight is 312 g/mol. The third-order valence-corrected chi connectivity index (χ3v) is 4.52. The molecule has 0 amide bonds. The van der Waals surface area contributed by atoms with Crippen LogP contribution in [0.15, 0.2) is 59.5 Å². The summed E-state index contributed by atoms with van der Waals surface area (Å²) in [5.41, 5.74) is 0.973. The van der Waals surface area contributed by atoms with Crippen LogP contribution >= 0.6 is 0 Å². The van der Waals surface area contributed by atoms with E-state index in [0.717, 1.165) is 29.8 Å². The van der Waals surface area contributed by atoms with E-state index in [-0.39, 0.29) is 11.3 Å². The highest BCUT2D eigenvalue weighted by atomic mass is 32.2. The smallest absolute Gasteiger partial charge is 0.411 e. The van der Waals surface area contributed by atoms with Crippen LogP contribution < -0.4 is 0 Å². The van der Waals surface area contributed by atoms with Gasteiger partial charge in [-0.25, -0.2) is 4.39 Å². The molecule has 0 saturated heterocycles. The topological polar surface area (TPSA) is 23.1 Å². The minimum atomic E-state index is -3.31. The van der Waals surface area contributed by atoms with Crippen LogP contribution in [0.4, 0.5) is 13.2 Å². The number of halogens is 3.